The second-order valence-electron chi connectivity index (χ2n) is 9.39. The molecule has 3 aromatic rings. The number of hydrogen-bond donors (Lipinski definition) is 0. The smallest absolute Gasteiger partial charge is 0.243 e. The summed E-state index contributed by atoms with van der Waals surface area (Å²) in [5.41, 5.74) is 1.25. The monoisotopic (exact) mass is 550 g/mol. The summed E-state index contributed by atoms with van der Waals surface area (Å²) in [5, 5.41) is 2.31. The molecule has 2 aromatic carbocycles. The second-order valence-corrected chi connectivity index (χ2v) is 9.39. The van der Waals surface area contributed by atoms with Gasteiger partial charge in [-0.1, -0.05) is 52.0 Å². The van der Waals surface area contributed by atoms with E-state index in [1.165, 1.54) is 5.56 Å². The van der Waals surface area contributed by atoms with E-state index >= 15 is 0 Å². The predicted molar refractivity (Wildman–Crippen MR) is 128 cm³/mol. The van der Waals surface area contributed by atoms with Gasteiger partial charge in [0.2, 0.25) is 6.33 Å². The third-order valence-corrected chi connectivity index (χ3v) is 5.61. The molecule has 1 aromatic heterocycles. The van der Waals surface area contributed by atoms with Crippen LogP contribution in [0, 0.1) is 11.8 Å². The molecule has 0 aliphatic rings. The highest BCUT2D eigenvalue weighted by Gasteiger charge is 2.15. The van der Waals surface area contributed by atoms with Gasteiger partial charge in [0.1, 0.15) is 23.9 Å². The Kier molecular flexibility index (Phi) is 10.8. The molecule has 0 bridgehead atoms. The number of halogens is 1. The van der Waals surface area contributed by atoms with E-state index in [4.69, 9.17) is 9.47 Å². The second kappa shape index (κ2) is 13.1. The maximum Gasteiger partial charge on any atom is 0.243 e. The Morgan fingerprint density at radius 2 is 1.59 bits per heavy atom. The molecular formula is C27H39IN2O2. The molecule has 0 saturated heterocycles. The molecule has 0 unspecified atom stereocenters. The minimum Gasteiger partial charge on any atom is -1.00 e. The van der Waals surface area contributed by atoms with Crippen LogP contribution in [0.1, 0.15) is 52.5 Å². The van der Waals surface area contributed by atoms with Gasteiger partial charge in [0.15, 0.2) is 0 Å². The molecular weight excluding hydrogens is 511 g/mol. The topological polar surface area (TPSA) is 27.3 Å². The highest BCUT2D eigenvalue weighted by molar-refractivity contribution is 5.94. The van der Waals surface area contributed by atoms with E-state index < -0.39 is 0 Å². The minimum absolute atomic E-state index is 0. The van der Waals surface area contributed by atoms with Crippen LogP contribution in [0.5, 0.6) is 11.5 Å². The summed E-state index contributed by atoms with van der Waals surface area (Å²) in [5.74, 6) is 3.27. The van der Waals surface area contributed by atoms with E-state index in [9.17, 15) is 0 Å². The van der Waals surface area contributed by atoms with Crippen molar-refractivity contribution in [1.82, 2.24) is 4.57 Å². The fraction of sp³-hybridized carbons (Fsp3) is 0.519. The molecule has 5 heteroatoms. The van der Waals surface area contributed by atoms with E-state index in [1.54, 1.807) is 0 Å². The maximum absolute atomic E-state index is 6.40. The Hall–Kier alpha value is -1.76. The lowest BCUT2D eigenvalue weighted by Gasteiger charge is -2.19. The lowest BCUT2D eigenvalue weighted by Crippen LogP contribution is -3.00. The summed E-state index contributed by atoms with van der Waals surface area (Å²) in [6.45, 7) is 11.4. The van der Waals surface area contributed by atoms with Gasteiger partial charge in [-0.3, -0.25) is 0 Å². The Labute approximate surface area is 210 Å². The van der Waals surface area contributed by atoms with Crippen LogP contribution in [-0.2, 0) is 20.0 Å². The number of ether oxygens (including phenoxy) is 2. The molecule has 0 aliphatic heterocycles. The van der Waals surface area contributed by atoms with Gasteiger partial charge in [0, 0.05) is 10.8 Å². The van der Waals surface area contributed by atoms with Gasteiger partial charge >= 0.3 is 0 Å². The van der Waals surface area contributed by atoms with Crippen molar-refractivity contribution in [2.45, 2.75) is 59.9 Å². The van der Waals surface area contributed by atoms with Crippen LogP contribution < -0.4 is 38.0 Å². The summed E-state index contributed by atoms with van der Waals surface area (Å²) in [7, 11) is 2.06. The van der Waals surface area contributed by atoms with Crippen LogP contribution >= 0.6 is 0 Å². The Morgan fingerprint density at radius 3 is 2.22 bits per heavy atom. The summed E-state index contributed by atoms with van der Waals surface area (Å²) >= 11 is 0. The Bertz CT molecular complexity index is 965. The highest BCUT2D eigenvalue weighted by Crippen LogP contribution is 2.38. The van der Waals surface area contributed by atoms with Gasteiger partial charge in [-0.15, -0.1) is 0 Å². The SMILES string of the molecule is CC(C)CCOc1cc(CCCn2cc[n+](C)c2)c(OCCC(C)C)c2ccccc12.[I-]. The van der Waals surface area contributed by atoms with Crippen LogP contribution in [0.3, 0.4) is 0 Å². The number of rotatable bonds is 12. The lowest BCUT2D eigenvalue weighted by atomic mass is 10.0. The molecule has 3 rings (SSSR count). The van der Waals surface area contributed by atoms with E-state index in [1.807, 2.05) is 0 Å². The van der Waals surface area contributed by atoms with Crippen molar-refractivity contribution in [3.63, 3.8) is 0 Å². The zero-order chi connectivity index (χ0) is 22.2. The zero-order valence-corrected chi connectivity index (χ0v) is 22.5. The molecule has 0 spiro atoms. The number of nitrogens with zero attached hydrogens (tertiary/aromatic N) is 2. The summed E-state index contributed by atoms with van der Waals surface area (Å²) in [4.78, 5) is 0. The van der Waals surface area contributed by atoms with Gasteiger partial charge in [0.25, 0.3) is 0 Å². The van der Waals surface area contributed by atoms with Crippen LogP contribution in [0.2, 0.25) is 0 Å². The number of aromatic nitrogens is 2. The molecule has 0 fully saturated rings. The molecule has 0 radical (unpaired) electrons. The third-order valence-electron chi connectivity index (χ3n) is 5.61. The van der Waals surface area contributed by atoms with E-state index in [-0.39, 0.29) is 24.0 Å². The third kappa shape index (κ3) is 7.68. The summed E-state index contributed by atoms with van der Waals surface area (Å²) < 4.78 is 17.0. The Morgan fingerprint density at radius 1 is 0.938 bits per heavy atom. The number of hydrogen-bond acceptors (Lipinski definition) is 2. The standard InChI is InChI=1S/C27H39N2O2.HI/c1-21(2)12-17-30-26-19-23(9-8-14-29-16-15-28(5)20-29)27(31-18-13-22(3)4)25-11-7-6-10-24(25)26;/h6-7,10-11,15-16,19-22H,8-9,12-14,17-18H2,1-5H3;1H/q+1;/p-1. The van der Waals surface area contributed by atoms with Crippen molar-refractivity contribution in [3.8, 4) is 11.5 Å². The van der Waals surface area contributed by atoms with Crippen LogP contribution in [0.25, 0.3) is 10.8 Å². The molecule has 4 nitrogen and oxygen atoms in total. The van der Waals surface area contributed by atoms with E-state index in [0.717, 1.165) is 67.7 Å². The molecule has 32 heavy (non-hydrogen) atoms. The fourth-order valence-corrected chi connectivity index (χ4v) is 3.73. The predicted octanol–water partition coefficient (Wildman–Crippen LogP) is 2.95. The molecule has 0 N–H and O–H groups in total. The minimum atomic E-state index is 0. The average Bonchev–Trinajstić information content (AvgIpc) is 3.14. The largest absolute Gasteiger partial charge is 1.00 e. The molecule has 0 aliphatic carbocycles. The Balaban J connectivity index is 0.00000363. The van der Waals surface area contributed by atoms with Crippen molar-refractivity contribution in [2.75, 3.05) is 13.2 Å². The van der Waals surface area contributed by atoms with Gasteiger partial charge < -0.3 is 33.5 Å². The lowest BCUT2D eigenvalue weighted by molar-refractivity contribution is -0.671. The molecule has 176 valence electrons. The number of benzene rings is 2. The first-order valence-corrected chi connectivity index (χ1v) is 11.7. The number of imidazole rings is 1. The molecule has 0 amide bonds. The quantitative estimate of drug-likeness (QED) is 0.256. The first kappa shape index (κ1) is 26.5. The van der Waals surface area contributed by atoms with Gasteiger partial charge in [-0.2, -0.15) is 0 Å². The fourth-order valence-electron chi connectivity index (χ4n) is 3.73. The van der Waals surface area contributed by atoms with Crippen LogP contribution in [-0.4, -0.2) is 17.8 Å². The van der Waals surface area contributed by atoms with E-state index in [0.29, 0.717) is 11.8 Å². The van der Waals surface area contributed by atoms with Crippen molar-refractivity contribution >= 4 is 10.8 Å². The van der Waals surface area contributed by atoms with Gasteiger partial charge in [0.05, 0.1) is 26.8 Å². The molecule has 1 heterocycles. The molecule has 0 atom stereocenters. The van der Waals surface area contributed by atoms with E-state index in [2.05, 4.69) is 92.9 Å². The zero-order valence-electron chi connectivity index (χ0n) is 20.3. The highest BCUT2D eigenvalue weighted by atomic mass is 127. The van der Waals surface area contributed by atoms with Crippen LogP contribution in [0.4, 0.5) is 0 Å². The summed E-state index contributed by atoms with van der Waals surface area (Å²) in [6.07, 6.45) is 10.5. The molecule has 0 saturated carbocycles. The van der Waals surface area contributed by atoms with Gasteiger partial charge in [-0.25, -0.2) is 9.13 Å². The number of fused-ring (bicyclic) bond motifs is 1. The first-order valence-electron chi connectivity index (χ1n) is 11.7. The van der Waals surface area contributed by atoms with Crippen molar-refractivity contribution in [3.05, 3.63) is 54.6 Å². The first-order chi connectivity index (χ1) is 14.9. The summed E-state index contributed by atoms with van der Waals surface area (Å²) in [6, 6.07) is 10.7. The van der Waals surface area contributed by atoms with Crippen molar-refractivity contribution in [1.29, 1.82) is 0 Å². The van der Waals surface area contributed by atoms with Crippen LogP contribution in [0.15, 0.2) is 49.1 Å². The van der Waals surface area contributed by atoms with Gasteiger partial charge in [-0.05, 0) is 49.1 Å². The van der Waals surface area contributed by atoms with Crippen molar-refractivity contribution < 1.29 is 38.0 Å². The normalized spacial score (nSPS) is 11.2. The average molecular weight is 551 g/mol. The van der Waals surface area contributed by atoms with Crippen molar-refractivity contribution in [2.24, 2.45) is 18.9 Å². The maximum atomic E-state index is 6.40. The number of aryl methyl sites for hydroxylation is 3.